The van der Waals surface area contributed by atoms with Crippen molar-refractivity contribution >= 4 is 18.0 Å². The van der Waals surface area contributed by atoms with Gasteiger partial charge in [0.05, 0.1) is 18.9 Å². The highest BCUT2D eigenvalue weighted by molar-refractivity contribution is 5.95. The van der Waals surface area contributed by atoms with Crippen molar-refractivity contribution in [3.8, 4) is 0 Å². The van der Waals surface area contributed by atoms with Crippen LogP contribution in [0.25, 0.3) is 0 Å². The van der Waals surface area contributed by atoms with Crippen molar-refractivity contribution in [3.05, 3.63) is 0 Å². The first kappa shape index (κ1) is 11.6. The van der Waals surface area contributed by atoms with Crippen molar-refractivity contribution in [2.24, 2.45) is 4.99 Å². The molecule has 0 unspecified atom stereocenters. The fourth-order valence-corrected chi connectivity index (χ4v) is 0.402. The number of aliphatic carboxylic acids is 1. The van der Waals surface area contributed by atoms with Gasteiger partial charge in [-0.2, -0.15) is 13.2 Å². The van der Waals surface area contributed by atoms with Crippen LogP contribution in [-0.2, 0) is 9.59 Å². The Labute approximate surface area is 71.1 Å². The molecule has 0 heterocycles. The van der Waals surface area contributed by atoms with Gasteiger partial charge in [0.2, 0.25) is 5.78 Å². The summed E-state index contributed by atoms with van der Waals surface area (Å²) in [5.41, 5.74) is 0. The molecule has 0 saturated heterocycles. The lowest BCUT2D eigenvalue weighted by Gasteiger charge is -2.00. The van der Waals surface area contributed by atoms with Crippen LogP contribution in [0, 0.1) is 0 Å². The van der Waals surface area contributed by atoms with Gasteiger partial charge in [-0.25, -0.2) is 0 Å². The number of hydrogen-bond donors (Lipinski definition) is 0. The predicted molar refractivity (Wildman–Crippen MR) is 34.0 cm³/mol. The summed E-state index contributed by atoms with van der Waals surface area (Å²) in [6.07, 6.45) is -5.24. The molecule has 0 radical (unpaired) electrons. The van der Waals surface area contributed by atoms with Gasteiger partial charge in [-0.15, -0.1) is 0 Å². The van der Waals surface area contributed by atoms with Crippen LogP contribution < -0.4 is 5.11 Å². The van der Waals surface area contributed by atoms with Crippen LogP contribution in [0.5, 0.6) is 0 Å². The first-order valence-electron chi connectivity index (χ1n) is 3.12. The highest BCUT2D eigenvalue weighted by atomic mass is 19.4. The van der Waals surface area contributed by atoms with Crippen molar-refractivity contribution < 1.29 is 27.9 Å². The summed E-state index contributed by atoms with van der Waals surface area (Å²) in [5, 5.41) is 9.71. The average molecular weight is 196 g/mol. The van der Waals surface area contributed by atoms with Gasteiger partial charge in [-0.05, 0) is 0 Å². The minimum Gasteiger partial charge on any atom is -0.548 e. The average Bonchev–Trinajstić information content (AvgIpc) is 1.95. The number of carbonyl (C=O) groups excluding carboxylic acids is 2. The molecule has 0 atom stereocenters. The second kappa shape index (κ2) is 4.58. The highest BCUT2D eigenvalue weighted by Gasteiger charge is 2.36. The molecule has 0 fully saturated rings. The van der Waals surface area contributed by atoms with E-state index in [9.17, 15) is 27.9 Å². The molecule has 7 heteroatoms. The number of ketones is 1. The molecule has 0 spiro atoms. The molecule has 0 amide bonds. The molecule has 13 heavy (non-hydrogen) atoms. The zero-order valence-electron chi connectivity index (χ0n) is 6.30. The Morgan fingerprint density at radius 3 is 2.31 bits per heavy atom. The summed E-state index contributed by atoms with van der Waals surface area (Å²) in [5.74, 6) is -3.48. The largest absolute Gasteiger partial charge is 0.548 e. The van der Waals surface area contributed by atoms with E-state index >= 15 is 0 Å². The van der Waals surface area contributed by atoms with Gasteiger partial charge in [0.1, 0.15) is 0 Å². The third-order valence-electron chi connectivity index (χ3n) is 0.942. The molecule has 0 aromatic carbocycles. The first-order valence-corrected chi connectivity index (χ1v) is 3.12. The molecule has 0 N–H and O–H groups in total. The Bertz CT molecular complexity index is 234. The molecule has 0 saturated carbocycles. The number of alkyl halides is 3. The number of carboxylic acid groups (broad SMARTS) is 1. The molecule has 0 bridgehead atoms. The van der Waals surface area contributed by atoms with Crippen LogP contribution >= 0.6 is 0 Å². The number of carboxylic acids is 1. The predicted octanol–water partition coefficient (Wildman–Crippen LogP) is -0.671. The molecule has 74 valence electrons. The van der Waals surface area contributed by atoms with Crippen molar-refractivity contribution in [2.45, 2.75) is 12.6 Å². The molecule has 0 aromatic rings. The standard InChI is InChI=1S/C6H6F3NO3/c7-6(8,9)4(11)1-2-10-3-5(12)13/h2H,1,3H2,(H,12,13)/p-1. The summed E-state index contributed by atoms with van der Waals surface area (Å²) in [6, 6.07) is 0. The fraction of sp³-hybridized carbons (Fsp3) is 0.500. The molecule has 0 rings (SSSR count). The molecule has 0 aliphatic rings. The maximum Gasteiger partial charge on any atom is 0.450 e. The second-order valence-corrected chi connectivity index (χ2v) is 2.02. The van der Waals surface area contributed by atoms with Crippen molar-refractivity contribution in [1.29, 1.82) is 0 Å². The summed E-state index contributed by atoms with van der Waals surface area (Å²) < 4.78 is 34.5. The van der Waals surface area contributed by atoms with Crippen molar-refractivity contribution in [3.63, 3.8) is 0 Å². The maximum atomic E-state index is 11.5. The second-order valence-electron chi connectivity index (χ2n) is 2.02. The fourth-order valence-electron chi connectivity index (χ4n) is 0.402. The number of nitrogens with zero attached hydrogens (tertiary/aromatic N) is 1. The Kier molecular flexibility index (Phi) is 4.09. The Hall–Kier alpha value is -1.40. The minimum absolute atomic E-state index is 0.603. The van der Waals surface area contributed by atoms with E-state index < -0.39 is 30.9 Å². The normalized spacial score (nSPS) is 11.9. The number of Topliss-reactive ketones (excluding diaryl/α,β-unsaturated/α-hetero) is 1. The number of hydrogen-bond acceptors (Lipinski definition) is 4. The Morgan fingerprint density at radius 1 is 1.38 bits per heavy atom. The van der Waals surface area contributed by atoms with E-state index in [0.29, 0.717) is 6.21 Å². The maximum absolute atomic E-state index is 11.5. The minimum atomic E-state index is -4.90. The van der Waals surface area contributed by atoms with Crippen LogP contribution in [0.15, 0.2) is 4.99 Å². The molecular weight excluding hydrogens is 191 g/mol. The summed E-state index contributed by atoms with van der Waals surface area (Å²) in [4.78, 5) is 22.9. The number of carbonyl (C=O) groups is 2. The Balaban J connectivity index is 3.84. The topological polar surface area (TPSA) is 69.6 Å². The van der Waals surface area contributed by atoms with E-state index in [4.69, 9.17) is 0 Å². The van der Waals surface area contributed by atoms with E-state index in [1.54, 1.807) is 0 Å². The van der Waals surface area contributed by atoms with Crippen LogP contribution in [0.2, 0.25) is 0 Å². The quantitative estimate of drug-likeness (QED) is 0.560. The third-order valence-corrected chi connectivity index (χ3v) is 0.942. The van der Waals surface area contributed by atoms with Crippen molar-refractivity contribution in [1.82, 2.24) is 0 Å². The third kappa shape index (κ3) is 5.83. The molecule has 4 nitrogen and oxygen atoms in total. The summed E-state index contributed by atoms with van der Waals surface area (Å²) in [6.45, 7) is -0.745. The lowest BCUT2D eigenvalue weighted by atomic mass is 10.3. The van der Waals surface area contributed by atoms with Gasteiger partial charge in [-0.3, -0.25) is 9.79 Å². The lowest BCUT2D eigenvalue weighted by molar-refractivity contribution is -0.303. The van der Waals surface area contributed by atoms with Crippen LogP contribution in [-0.4, -0.2) is 30.7 Å². The van der Waals surface area contributed by atoms with Crippen LogP contribution in [0.4, 0.5) is 13.2 Å². The molecule has 0 aliphatic heterocycles. The highest BCUT2D eigenvalue weighted by Crippen LogP contribution is 2.16. The first-order chi connectivity index (χ1) is 5.84. The van der Waals surface area contributed by atoms with E-state index in [-0.39, 0.29) is 0 Å². The van der Waals surface area contributed by atoms with Crippen LogP contribution in [0.1, 0.15) is 6.42 Å². The number of rotatable bonds is 4. The van der Waals surface area contributed by atoms with Gasteiger partial charge in [0, 0.05) is 6.21 Å². The SMILES string of the molecule is O=C([O-])CN=CCC(=O)C(F)(F)F. The molecule has 0 aliphatic carbocycles. The van der Waals surface area contributed by atoms with E-state index in [1.807, 2.05) is 0 Å². The van der Waals surface area contributed by atoms with E-state index in [2.05, 4.69) is 4.99 Å². The van der Waals surface area contributed by atoms with Gasteiger partial charge in [-0.1, -0.05) is 0 Å². The Morgan fingerprint density at radius 2 is 1.92 bits per heavy atom. The number of halogens is 3. The van der Waals surface area contributed by atoms with Gasteiger partial charge < -0.3 is 9.90 Å². The van der Waals surface area contributed by atoms with Crippen molar-refractivity contribution in [2.75, 3.05) is 6.54 Å². The molecular formula is C6H5F3NO3-. The lowest BCUT2D eigenvalue weighted by Crippen LogP contribution is -2.25. The number of aliphatic imine (C=N–C) groups is 1. The molecule has 0 aromatic heterocycles. The van der Waals surface area contributed by atoms with E-state index in [1.165, 1.54) is 0 Å². The van der Waals surface area contributed by atoms with Gasteiger partial charge >= 0.3 is 6.18 Å². The van der Waals surface area contributed by atoms with Gasteiger partial charge in [0.15, 0.2) is 0 Å². The van der Waals surface area contributed by atoms with Gasteiger partial charge in [0.25, 0.3) is 0 Å². The smallest absolute Gasteiger partial charge is 0.450 e. The monoisotopic (exact) mass is 196 g/mol. The summed E-state index contributed by atoms with van der Waals surface area (Å²) in [7, 11) is 0. The zero-order chi connectivity index (χ0) is 10.5. The van der Waals surface area contributed by atoms with E-state index in [0.717, 1.165) is 0 Å². The van der Waals surface area contributed by atoms with Crippen LogP contribution in [0.3, 0.4) is 0 Å². The zero-order valence-corrected chi connectivity index (χ0v) is 6.30. The summed E-state index contributed by atoms with van der Waals surface area (Å²) >= 11 is 0.